The van der Waals surface area contributed by atoms with Gasteiger partial charge in [0.2, 0.25) is 5.89 Å². The SMILES string of the molecule is CC(C)(C)OC(=O)N(CC1(c2noc(C3CC(C(=O)O)C3)n2)CC1)[C@H]1CC1c1ccccc1. The van der Waals surface area contributed by atoms with Crippen LogP contribution in [0.1, 0.15) is 82.0 Å². The van der Waals surface area contributed by atoms with Crippen molar-refractivity contribution in [1.29, 1.82) is 0 Å². The fourth-order valence-electron chi connectivity index (χ4n) is 4.79. The van der Waals surface area contributed by atoms with E-state index in [4.69, 9.17) is 14.4 Å². The zero-order chi connectivity index (χ0) is 23.4. The molecule has 0 radical (unpaired) electrons. The molecule has 3 aliphatic rings. The Morgan fingerprint density at radius 2 is 1.88 bits per heavy atom. The van der Waals surface area contributed by atoms with Gasteiger partial charge in [0.05, 0.1) is 11.3 Å². The summed E-state index contributed by atoms with van der Waals surface area (Å²) in [5.74, 6) is 0.366. The first-order chi connectivity index (χ1) is 15.7. The van der Waals surface area contributed by atoms with E-state index >= 15 is 0 Å². The molecule has 1 heterocycles. The Morgan fingerprint density at radius 1 is 1.18 bits per heavy atom. The minimum atomic E-state index is -0.768. The maximum atomic E-state index is 13.2. The van der Waals surface area contributed by atoms with Gasteiger partial charge in [-0.05, 0) is 58.4 Å². The number of hydrogen-bond donors (Lipinski definition) is 1. The second kappa shape index (κ2) is 7.85. The van der Waals surface area contributed by atoms with E-state index in [0.29, 0.717) is 37.0 Å². The fourth-order valence-corrected chi connectivity index (χ4v) is 4.79. The summed E-state index contributed by atoms with van der Waals surface area (Å²) in [6.07, 6.45) is 3.45. The van der Waals surface area contributed by atoms with Crippen molar-refractivity contribution >= 4 is 12.1 Å². The molecule has 1 amide bonds. The summed E-state index contributed by atoms with van der Waals surface area (Å²) in [5.41, 5.74) is 0.340. The van der Waals surface area contributed by atoms with Crippen LogP contribution in [0.4, 0.5) is 4.79 Å². The molecule has 3 fully saturated rings. The van der Waals surface area contributed by atoms with Crippen LogP contribution in [0, 0.1) is 5.92 Å². The van der Waals surface area contributed by atoms with Crippen LogP contribution in [0.2, 0.25) is 0 Å². The monoisotopic (exact) mass is 453 g/mol. The molecule has 5 rings (SSSR count). The molecule has 33 heavy (non-hydrogen) atoms. The molecule has 176 valence electrons. The van der Waals surface area contributed by atoms with Crippen molar-refractivity contribution < 1.29 is 24.0 Å². The number of rotatable bonds is 7. The van der Waals surface area contributed by atoms with Crippen LogP contribution >= 0.6 is 0 Å². The Kier molecular flexibility index (Phi) is 5.21. The van der Waals surface area contributed by atoms with Gasteiger partial charge >= 0.3 is 12.1 Å². The van der Waals surface area contributed by atoms with E-state index in [1.807, 2.05) is 43.9 Å². The number of carboxylic acids is 1. The van der Waals surface area contributed by atoms with E-state index < -0.39 is 11.6 Å². The van der Waals surface area contributed by atoms with Crippen LogP contribution in [0.15, 0.2) is 34.9 Å². The van der Waals surface area contributed by atoms with Gasteiger partial charge in [-0.3, -0.25) is 4.79 Å². The van der Waals surface area contributed by atoms with Crippen molar-refractivity contribution in [2.75, 3.05) is 6.54 Å². The van der Waals surface area contributed by atoms with E-state index in [9.17, 15) is 9.59 Å². The highest BCUT2D eigenvalue weighted by Gasteiger charge is 2.55. The number of nitrogens with zero attached hydrogens (tertiary/aromatic N) is 3. The predicted octanol–water partition coefficient (Wildman–Crippen LogP) is 4.47. The van der Waals surface area contributed by atoms with Crippen LogP contribution in [0.5, 0.6) is 0 Å². The molecule has 0 bridgehead atoms. The predicted molar refractivity (Wildman–Crippen MR) is 119 cm³/mol. The highest BCUT2D eigenvalue weighted by atomic mass is 16.6. The molecule has 1 aromatic heterocycles. The number of carbonyl (C=O) groups excluding carboxylic acids is 1. The Hall–Kier alpha value is -2.90. The summed E-state index contributed by atoms with van der Waals surface area (Å²) < 4.78 is 11.3. The van der Waals surface area contributed by atoms with Gasteiger partial charge in [0.1, 0.15) is 5.60 Å². The molecule has 2 atom stereocenters. The van der Waals surface area contributed by atoms with Gasteiger partial charge in [0, 0.05) is 24.4 Å². The van der Waals surface area contributed by atoms with E-state index in [1.165, 1.54) is 5.56 Å². The fraction of sp³-hybridized carbons (Fsp3) is 0.600. The number of carboxylic acid groups (broad SMARTS) is 1. The minimum Gasteiger partial charge on any atom is -0.481 e. The van der Waals surface area contributed by atoms with Crippen molar-refractivity contribution in [2.24, 2.45) is 5.92 Å². The third-order valence-corrected chi connectivity index (χ3v) is 7.09. The van der Waals surface area contributed by atoms with E-state index in [2.05, 4.69) is 22.3 Å². The first-order valence-corrected chi connectivity index (χ1v) is 11.8. The van der Waals surface area contributed by atoms with Gasteiger partial charge in [-0.1, -0.05) is 35.5 Å². The first kappa shape index (κ1) is 21.9. The van der Waals surface area contributed by atoms with Gasteiger partial charge in [0.25, 0.3) is 0 Å². The quantitative estimate of drug-likeness (QED) is 0.659. The molecule has 8 nitrogen and oxygen atoms in total. The van der Waals surface area contributed by atoms with Gasteiger partial charge in [-0.25, -0.2) is 4.79 Å². The zero-order valence-corrected chi connectivity index (χ0v) is 19.4. The lowest BCUT2D eigenvalue weighted by Gasteiger charge is -2.30. The average Bonchev–Trinajstić information content (AvgIpc) is 3.62. The van der Waals surface area contributed by atoms with Gasteiger partial charge in [-0.2, -0.15) is 4.98 Å². The highest BCUT2D eigenvalue weighted by molar-refractivity contribution is 5.71. The molecule has 3 saturated carbocycles. The second-order valence-electron chi connectivity index (χ2n) is 10.9. The Labute approximate surface area is 193 Å². The Balaban J connectivity index is 1.32. The summed E-state index contributed by atoms with van der Waals surface area (Å²) in [6, 6.07) is 10.4. The average molecular weight is 454 g/mol. The minimum absolute atomic E-state index is 0.0102. The number of benzene rings is 1. The first-order valence-electron chi connectivity index (χ1n) is 11.8. The number of carbonyl (C=O) groups is 2. The topological polar surface area (TPSA) is 106 Å². The molecule has 8 heteroatoms. The van der Waals surface area contributed by atoms with Crippen molar-refractivity contribution in [1.82, 2.24) is 15.0 Å². The molecule has 1 N–H and O–H groups in total. The van der Waals surface area contributed by atoms with Crippen molar-refractivity contribution in [3.8, 4) is 0 Å². The van der Waals surface area contributed by atoms with Crippen LogP contribution in [-0.4, -0.2) is 50.4 Å². The summed E-state index contributed by atoms with van der Waals surface area (Å²) >= 11 is 0. The van der Waals surface area contributed by atoms with Gasteiger partial charge in [0.15, 0.2) is 5.82 Å². The number of aromatic nitrogens is 2. The Morgan fingerprint density at radius 3 is 2.48 bits per heavy atom. The van der Waals surface area contributed by atoms with Crippen molar-refractivity contribution in [3.63, 3.8) is 0 Å². The summed E-state index contributed by atoms with van der Waals surface area (Å²) in [5, 5.41) is 13.4. The number of ether oxygens (including phenoxy) is 1. The summed E-state index contributed by atoms with van der Waals surface area (Å²) in [6.45, 7) is 6.14. The number of aliphatic carboxylic acids is 1. The Bertz CT molecular complexity index is 1030. The lowest BCUT2D eigenvalue weighted by molar-refractivity contribution is -0.145. The molecule has 0 aliphatic heterocycles. The standard InChI is InChI=1S/C25H31N3O5/c1-24(2,3)32-23(31)28(19-13-18(19)15-7-5-4-6-8-15)14-25(9-10-25)22-26-20(33-27-22)16-11-17(12-16)21(29)30/h4-8,16-19H,9-14H2,1-3H3,(H,29,30)/t16?,17?,18?,19-/m0/s1. The third kappa shape index (κ3) is 4.48. The third-order valence-electron chi connectivity index (χ3n) is 7.09. The van der Waals surface area contributed by atoms with Gasteiger partial charge in [-0.15, -0.1) is 0 Å². The lowest BCUT2D eigenvalue weighted by Crippen LogP contribution is -2.43. The molecule has 0 spiro atoms. The normalized spacial score (nSPS) is 27.4. The maximum Gasteiger partial charge on any atom is 0.410 e. The largest absolute Gasteiger partial charge is 0.481 e. The van der Waals surface area contributed by atoms with E-state index in [0.717, 1.165) is 19.3 Å². The molecule has 2 aromatic rings. The van der Waals surface area contributed by atoms with E-state index in [1.54, 1.807) is 0 Å². The number of hydrogen-bond acceptors (Lipinski definition) is 6. The van der Waals surface area contributed by atoms with E-state index in [-0.39, 0.29) is 29.4 Å². The second-order valence-corrected chi connectivity index (χ2v) is 10.9. The maximum absolute atomic E-state index is 13.2. The van der Waals surface area contributed by atoms with Crippen LogP contribution in [0.3, 0.4) is 0 Å². The molecule has 3 aliphatic carbocycles. The zero-order valence-electron chi connectivity index (χ0n) is 19.4. The van der Waals surface area contributed by atoms with Crippen molar-refractivity contribution in [3.05, 3.63) is 47.6 Å². The number of amides is 1. The smallest absolute Gasteiger partial charge is 0.410 e. The molecular weight excluding hydrogens is 422 g/mol. The summed E-state index contributed by atoms with van der Waals surface area (Å²) in [4.78, 5) is 30.8. The molecule has 1 aromatic carbocycles. The van der Waals surface area contributed by atoms with Crippen LogP contribution in [-0.2, 0) is 14.9 Å². The highest BCUT2D eigenvalue weighted by Crippen LogP contribution is 2.52. The van der Waals surface area contributed by atoms with Gasteiger partial charge < -0.3 is 19.3 Å². The molecule has 1 unspecified atom stereocenters. The molecule has 0 saturated heterocycles. The van der Waals surface area contributed by atoms with Crippen LogP contribution < -0.4 is 0 Å². The summed E-state index contributed by atoms with van der Waals surface area (Å²) in [7, 11) is 0. The lowest BCUT2D eigenvalue weighted by atomic mass is 9.75. The molecular formula is C25H31N3O5. The van der Waals surface area contributed by atoms with Crippen LogP contribution in [0.25, 0.3) is 0 Å². The van der Waals surface area contributed by atoms with Crippen molar-refractivity contribution in [2.45, 2.75) is 81.8 Å².